The molecule has 0 spiro atoms. The number of rotatable bonds is 4. The fourth-order valence-corrected chi connectivity index (χ4v) is 4.19. The van der Waals surface area contributed by atoms with E-state index in [9.17, 15) is 9.59 Å². The molecule has 4 rings (SSSR count). The second kappa shape index (κ2) is 7.32. The van der Waals surface area contributed by atoms with Gasteiger partial charge in [-0.3, -0.25) is 14.5 Å². The number of nitrogens with zero attached hydrogens (tertiary/aromatic N) is 1. The number of ether oxygens (including phenoxy) is 2. The number of amides is 2. The van der Waals surface area contributed by atoms with Gasteiger partial charge in [0, 0.05) is 17.4 Å². The Labute approximate surface area is 165 Å². The minimum atomic E-state index is -0.603. The number of fused-ring (bicyclic) bond motifs is 1. The van der Waals surface area contributed by atoms with Gasteiger partial charge in [0.2, 0.25) is 18.6 Å². The van der Waals surface area contributed by atoms with Crippen LogP contribution >= 0.6 is 23.4 Å². The topological polar surface area (TPSA) is 67.9 Å². The fraction of sp³-hybridized carbons (Fsp3) is 0.263. The van der Waals surface area contributed by atoms with Crippen LogP contribution in [0.15, 0.2) is 42.5 Å². The van der Waals surface area contributed by atoms with Gasteiger partial charge in [-0.25, -0.2) is 0 Å². The molecule has 0 saturated carbocycles. The summed E-state index contributed by atoms with van der Waals surface area (Å²) in [4.78, 5) is 26.0. The molecule has 0 aromatic heterocycles. The average Bonchev–Trinajstić information content (AvgIpc) is 3.28. The molecule has 1 N–H and O–H groups in total. The summed E-state index contributed by atoms with van der Waals surface area (Å²) in [5.41, 5.74) is 2.41. The SMILES string of the molecule is C[C@H](Cl)C(=O)Nc1ccc([C@@H]2SCC(=O)N2c2ccc3c(c2)OCO3)cc1. The smallest absolute Gasteiger partial charge is 0.242 e. The quantitative estimate of drug-likeness (QED) is 0.786. The number of hydrogen-bond acceptors (Lipinski definition) is 5. The van der Waals surface area contributed by atoms with E-state index in [1.54, 1.807) is 23.6 Å². The number of anilines is 2. The number of carbonyl (C=O) groups excluding carboxylic acids is 2. The summed E-state index contributed by atoms with van der Waals surface area (Å²) in [7, 11) is 0. The van der Waals surface area contributed by atoms with Crippen molar-refractivity contribution in [3.05, 3.63) is 48.0 Å². The maximum Gasteiger partial charge on any atom is 0.242 e. The molecule has 8 heteroatoms. The van der Waals surface area contributed by atoms with Crippen LogP contribution in [-0.2, 0) is 9.59 Å². The van der Waals surface area contributed by atoms with Crippen molar-refractivity contribution in [1.29, 1.82) is 0 Å². The Morgan fingerprint density at radius 2 is 1.96 bits per heavy atom. The molecule has 2 aliphatic rings. The Bertz CT molecular complexity index is 888. The molecule has 2 heterocycles. The van der Waals surface area contributed by atoms with Crippen LogP contribution in [0.25, 0.3) is 0 Å². The number of halogens is 1. The first-order chi connectivity index (χ1) is 13.0. The van der Waals surface area contributed by atoms with Gasteiger partial charge < -0.3 is 14.8 Å². The standard InChI is InChI=1S/C19H17ClN2O4S/c1-11(20)18(24)21-13-4-2-12(3-5-13)19-22(17(23)9-27-19)14-6-7-15-16(8-14)26-10-25-15/h2-8,11,19H,9-10H2,1H3,(H,21,24)/t11-,19-/m0/s1. The summed E-state index contributed by atoms with van der Waals surface area (Å²) >= 11 is 7.34. The van der Waals surface area contributed by atoms with Gasteiger partial charge >= 0.3 is 0 Å². The normalized spacial score (nSPS) is 19.3. The van der Waals surface area contributed by atoms with Crippen molar-refractivity contribution in [2.45, 2.75) is 17.7 Å². The van der Waals surface area contributed by atoms with E-state index < -0.39 is 5.38 Å². The zero-order valence-corrected chi connectivity index (χ0v) is 16.0. The number of benzene rings is 2. The molecule has 1 fully saturated rings. The lowest BCUT2D eigenvalue weighted by atomic mass is 10.1. The number of alkyl halides is 1. The Hall–Kier alpha value is -2.38. The van der Waals surface area contributed by atoms with Crippen molar-refractivity contribution in [2.24, 2.45) is 0 Å². The maximum atomic E-state index is 12.5. The minimum absolute atomic E-state index is 0.0391. The zero-order chi connectivity index (χ0) is 19.0. The number of carbonyl (C=O) groups is 2. The summed E-state index contributed by atoms with van der Waals surface area (Å²) in [5.74, 6) is 1.52. The van der Waals surface area contributed by atoms with Crippen LogP contribution in [0, 0.1) is 0 Å². The van der Waals surface area contributed by atoms with Gasteiger partial charge in [0.05, 0.1) is 5.75 Å². The van der Waals surface area contributed by atoms with Gasteiger partial charge in [-0.2, -0.15) is 0 Å². The van der Waals surface area contributed by atoms with Crippen LogP contribution in [0.1, 0.15) is 17.9 Å². The molecule has 1 saturated heterocycles. The molecule has 2 aromatic rings. The van der Waals surface area contributed by atoms with Crippen LogP contribution in [0.4, 0.5) is 11.4 Å². The molecule has 6 nitrogen and oxygen atoms in total. The van der Waals surface area contributed by atoms with Crippen molar-refractivity contribution in [3.63, 3.8) is 0 Å². The fourth-order valence-electron chi connectivity index (χ4n) is 2.96. The van der Waals surface area contributed by atoms with E-state index in [4.69, 9.17) is 21.1 Å². The Morgan fingerprint density at radius 3 is 2.70 bits per heavy atom. The van der Waals surface area contributed by atoms with Crippen LogP contribution in [-0.4, -0.2) is 29.7 Å². The predicted molar refractivity (Wildman–Crippen MR) is 106 cm³/mol. The monoisotopic (exact) mass is 404 g/mol. The molecule has 0 bridgehead atoms. The van der Waals surface area contributed by atoms with Crippen LogP contribution in [0.5, 0.6) is 11.5 Å². The summed E-state index contributed by atoms with van der Waals surface area (Å²) < 4.78 is 10.8. The Kier molecular flexibility index (Phi) is 4.88. The lowest BCUT2D eigenvalue weighted by Crippen LogP contribution is -2.27. The highest BCUT2D eigenvalue weighted by atomic mass is 35.5. The van der Waals surface area contributed by atoms with Gasteiger partial charge in [0.1, 0.15) is 10.8 Å². The van der Waals surface area contributed by atoms with Crippen LogP contribution in [0.2, 0.25) is 0 Å². The van der Waals surface area contributed by atoms with E-state index in [-0.39, 0.29) is 24.0 Å². The second-order valence-electron chi connectivity index (χ2n) is 6.19. The lowest BCUT2D eigenvalue weighted by molar-refractivity contribution is -0.116. The molecule has 140 valence electrons. The third kappa shape index (κ3) is 3.57. The van der Waals surface area contributed by atoms with Crippen molar-refractivity contribution in [3.8, 4) is 11.5 Å². The molecule has 27 heavy (non-hydrogen) atoms. The van der Waals surface area contributed by atoms with Crippen molar-refractivity contribution >= 4 is 46.6 Å². The van der Waals surface area contributed by atoms with E-state index in [1.165, 1.54) is 0 Å². The summed E-state index contributed by atoms with van der Waals surface area (Å²) in [6.07, 6.45) is 0. The number of hydrogen-bond donors (Lipinski definition) is 1. The first-order valence-corrected chi connectivity index (χ1v) is 9.89. The lowest BCUT2D eigenvalue weighted by Gasteiger charge is -2.24. The summed E-state index contributed by atoms with van der Waals surface area (Å²) in [6.45, 7) is 1.81. The van der Waals surface area contributed by atoms with Crippen molar-refractivity contribution in [2.75, 3.05) is 22.8 Å². The molecule has 2 atom stereocenters. The molecule has 2 aliphatic heterocycles. The molecular formula is C19H17ClN2O4S. The number of nitrogens with one attached hydrogen (secondary N) is 1. The first kappa shape index (κ1) is 18.0. The minimum Gasteiger partial charge on any atom is -0.454 e. The van der Waals surface area contributed by atoms with E-state index in [1.807, 2.05) is 42.5 Å². The largest absolute Gasteiger partial charge is 0.454 e. The zero-order valence-electron chi connectivity index (χ0n) is 14.5. The average molecular weight is 405 g/mol. The first-order valence-electron chi connectivity index (χ1n) is 8.41. The predicted octanol–water partition coefficient (Wildman–Crippen LogP) is 3.76. The van der Waals surface area contributed by atoms with E-state index in [2.05, 4.69) is 5.32 Å². The molecule has 2 aromatic carbocycles. The molecular weight excluding hydrogens is 388 g/mol. The van der Waals surface area contributed by atoms with Crippen LogP contribution in [0.3, 0.4) is 0 Å². The third-order valence-corrected chi connectivity index (χ3v) is 5.74. The third-order valence-electron chi connectivity index (χ3n) is 4.33. The molecule has 0 radical (unpaired) electrons. The highest BCUT2D eigenvalue weighted by Crippen LogP contribution is 2.44. The van der Waals surface area contributed by atoms with Gasteiger partial charge in [-0.1, -0.05) is 12.1 Å². The van der Waals surface area contributed by atoms with Gasteiger partial charge in [-0.15, -0.1) is 23.4 Å². The maximum absolute atomic E-state index is 12.5. The highest BCUT2D eigenvalue weighted by molar-refractivity contribution is 8.00. The van der Waals surface area contributed by atoms with Gasteiger partial charge in [0.15, 0.2) is 11.5 Å². The van der Waals surface area contributed by atoms with Crippen LogP contribution < -0.4 is 19.7 Å². The van der Waals surface area contributed by atoms with E-state index in [0.717, 1.165) is 11.3 Å². The van der Waals surface area contributed by atoms with Crippen molar-refractivity contribution in [1.82, 2.24) is 0 Å². The Balaban J connectivity index is 1.57. The van der Waals surface area contributed by atoms with E-state index in [0.29, 0.717) is 22.9 Å². The van der Waals surface area contributed by atoms with E-state index >= 15 is 0 Å². The second-order valence-corrected chi connectivity index (χ2v) is 7.92. The number of thioether (sulfide) groups is 1. The Morgan fingerprint density at radius 1 is 1.22 bits per heavy atom. The summed E-state index contributed by atoms with van der Waals surface area (Å²) in [6, 6.07) is 12.9. The van der Waals surface area contributed by atoms with Gasteiger partial charge in [-0.05, 0) is 36.8 Å². The van der Waals surface area contributed by atoms with Gasteiger partial charge in [0.25, 0.3) is 0 Å². The molecule has 0 aliphatic carbocycles. The summed E-state index contributed by atoms with van der Waals surface area (Å²) in [5, 5.41) is 2.00. The highest BCUT2D eigenvalue weighted by Gasteiger charge is 2.34. The molecule has 0 unspecified atom stereocenters. The molecule has 2 amide bonds. The van der Waals surface area contributed by atoms with Crippen molar-refractivity contribution < 1.29 is 19.1 Å².